The van der Waals surface area contributed by atoms with Gasteiger partial charge in [0.25, 0.3) is 0 Å². The van der Waals surface area contributed by atoms with E-state index >= 15 is 0 Å². The quantitative estimate of drug-likeness (QED) is 0.127. The van der Waals surface area contributed by atoms with E-state index in [-0.39, 0.29) is 0 Å². The molecule has 0 aliphatic carbocycles. The van der Waals surface area contributed by atoms with Crippen LogP contribution in [0.2, 0.25) is 26.2 Å². The lowest BCUT2D eigenvalue weighted by Gasteiger charge is -2.29. The molecule has 2 aliphatic heterocycles. The average Bonchev–Trinajstić information content (AvgIpc) is 3.48. The number of hydrogen-bond donors (Lipinski definition) is 0. The van der Waals surface area contributed by atoms with E-state index < -0.39 is 16.1 Å². The van der Waals surface area contributed by atoms with Crippen LogP contribution in [0.25, 0.3) is 76.5 Å². The van der Waals surface area contributed by atoms with Crippen molar-refractivity contribution in [3.8, 4) is 33.4 Å². The molecule has 0 N–H and O–H groups in total. The van der Waals surface area contributed by atoms with Crippen LogP contribution in [0.1, 0.15) is 0 Å². The van der Waals surface area contributed by atoms with Crippen molar-refractivity contribution in [1.82, 2.24) is 0 Å². The van der Waals surface area contributed by atoms with Gasteiger partial charge in [0.15, 0.2) is 0 Å². The summed E-state index contributed by atoms with van der Waals surface area (Å²) in [7, 11) is -3.89. The summed E-state index contributed by atoms with van der Waals surface area (Å²) in [6.07, 6.45) is 0. The van der Waals surface area contributed by atoms with E-state index in [2.05, 4.69) is 160 Å². The number of rotatable bonds is 1. The van der Waals surface area contributed by atoms with Crippen molar-refractivity contribution in [3.05, 3.63) is 133 Å². The summed E-state index contributed by atoms with van der Waals surface area (Å²) in [5, 5.41) is 17.4. The summed E-state index contributed by atoms with van der Waals surface area (Å²) < 4.78 is 0. The van der Waals surface area contributed by atoms with Crippen molar-refractivity contribution in [3.63, 3.8) is 0 Å². The van der Waals surface area contributed by atoms with E-state index in [1.54, 1.807) is 20.7 Å². The molecule has 0 amide bonds. The molecule has 10 rings (SSSR count). The van der Waals surface area contributed by atoms with Crippen molar-refractivity contribution in [2.24, 2.45) is 0 Å². The Labute approximate surface area is 272 Å². The predicted molar refractivity (Wildman–Crippen MR) is 206 cm³/mol. The second kappa shape index (κ2) is 8.94. The number of hydrogen-bond acceptors (Lipinski definition) is 0. The minimum Gasteiger partial charge on any atom is -0.0623 e. The van der Waals surface area contributed by atoms with Crippen LogP contribution < -0.4 is 20.7 Å². The first-order chi connectivity index (χ1) is 22.4. The molecule has 0 saturated heterocycles. The highest BCUT2D eigenvalue weighted by Crippen LogP contribution is 2.43. The molecule has 0 bridgehead atoms. The summed E-state index contributed by atoms with van der Waals surface area (Å²) in [4.78, 5) is 0. The number of benzene rings is 8. The van der Waals surface area contributed by atoms with Crippen molar-refractivity contribution in [2.75, 3.05) is 0 Å². The second-order valence-electron chi connectivity index (χ2n) is 14.5. The van der Waals surface area contributed by atoms with Gasteiger partial charge in [0.05, 0.1) is 0 Å². The van der Waals surface area contributed by atoms with E-state index in [0.29, 0.717) is 0 Å². The zero-order valence-electron chi connectivity index (χ0n) is 26.7. The zero-order chi connectivity index (χ0) is 30.9. The van der Waals surface area contributed by atoms with Gasteiger partial charge in [-0.25, -0.2) is 0 Å². The van der Waals surface area contributed by atoms with Crippen LogP contribution in [0.5, 0.6) is 0 Å². The van der Waals surface area contributed by atoms with Crippen molar-refractivity contribution in [2.45, 2.75) is 26.2 Å². The summed E-state index contributed by atoms with van der Waals surface area (Å²) in [5.74, 6) is 0. The van der Waals surface area contributed by atoms with Crippen LogP contribution in [-0.4, -0.2) is 16.1 Å². The third-order valence-corrected chi connectivity index (χ3v) is 18.7. The summed E-state index contributed by atoms with van der Waals surface area (Å²) in [5.41, 5.74) is 8.59. The van der Waals surface area contributed by atoms with E-state index in [1.165, 1.54) is 76.5 Å². The molecule has 46 heavy (non-hydrogen) atoms. The van der Waals surface area contributed by atoms with Gasteiger partial charge in [0.2, 0.25) is 0 Å². The molecule has 0 nitrogen and oxygen atoms in total. The third-order valence-electron chi connectivity index (χ3n) is 11.4. The SMILES string of the molecule is C[Si]1(C)c2ccccc2-c2c1c1c(c3ccccc23)-c2cc(-c3ccc4c5ccccc5c5ccccc5c4c3)ccc2[Si]1(C)C. The smallest absolute Gasteiger partial charge is 0.0623 e. The first-order valence-corrected chi connectivity index (χ1v) is 22.5. The van der Waals surface area contributed by atoms with Gasteiger partial charge < -0.3 is 0 Å². The monoisotopic (exact) mass is 618 g/mol. The first-order valence-electron chi connectivity index (χ1n) is 16.5. The van der Waals surface area contributed by atoms with Crippen molar-refractivity contribution in [1.29, 1.82) is 0 Å². The standard InChI is InChI=1S/C44H34Si2/c1-45(2)39-20-12-11-19-36(39)41-34-17-9-10-18-35(34)42-38-26-28(22-24-40(38)46(3,4)44(42)43(41)45)27-21-23-33-31-15-6-5-13-29(31)30-14-7-8-16-32(30)37(33)25-27/h5-26H,1-4H3. The molecule has 2 heteroatoms. The molecular weight excluding hydrogens is 585 g/mol. The Hall–Kier alpha value is -4.77. The molecule has 218 valence electrons. The van der Waals surface area contributed by atoms with Crippen LogP contribution >= 0.6 is 0 Å². The lowest BCUT2D eigenvalue weighted by Crippen LogP contribution is -2.63. The lowest BCUT2D eigenvalue weighted by atomic mass is 9.90. The highest BCUT2D eigenvalue weighted by molar-refractivity contribution is 7.13. The maximum atomic E-state index is 2.60. The molecule has 2 aliphatic rings. The van der Waals surface area contributed by atoms with Gasteiger partial charge in [-0.1, -0.05) is 148 Å². The fourth-order valence-electron chi connectivity index (χ4n) is 9.33. The molecule has 0 aromatic heterocycles. The van der Waals surface area contributed by atoms with Crippen LogP contribution in [-0.2, 0) is 0 Å². The fraction of sp³-hybridized carbons (Fsp3) is 0.0909. The normalized spacial score (nSPS) is 15.3. The Morgan fingerprint density at radius 2 is 0.739 bits per heavy atom. The topological polar surface area (TPSA) is 0 Å². The molecule has 8 aromatic carbocycles. The Balaban J connectivity index is 1.26. The molecule has 0 atom stereocenters. The molecular formula is C44H34Si2. The van der Waals surface area contributed by atoms with Crippen molar-refractivity contribution < 1.29 is 0 Å². The van der Waals surface area contributed by atoms with Gasteiger partial charge >= 0.3 is 0 Å². The lowest BCUT2D eigenvalue weighted by molar-refractivity contribution is 1.67. The van der Waals surface area contributed by atoms with Gasteiger partial charge in [-0.15, -0.1) is 0 Å². The summed E-state index contributed by atoms with van der Waals surface area (Å²) >= 11 is 0. The van der Waals surface area contributed by atoms with E-state index in [9.17, 15) is 0 Å². The molecule has 0 unspecified atom stereocenters. The zero-order valence-corrected chi connectivity index (χ0v) is 28.7. The minimum absolute atomic E-state index is 1.29. The maximum Gasteiger partial charge on any atom is 0.113 e. The largest absolute Gasteiger partial charge is 0.113 e. The maximum absolute atomic E-state index is 2.60. The summed E-state index contributed by atoms with van der Waals surface area (Å²) in [6, 6.07) is 50.9. The van der Waals surface area contributed by atoms with Gasteiger partial charge in [-0.3, -0.25) is 0 Å². The van der Waals surface area contributed by atoms with Crippen molar-refractivity contribution >= 4 is 80.0 Å². The highest BCUT2D eigenvalue weighted by Gasteiger charge is 2.48. The van der Waals surface area contributed by atoms with Crippen LogP contribution in [0, 0.1) is 0 Å². The van der Waals surface area contributed by atoms with Gasteiger partial charge in [-0.05, 0) is 109 Å². The molecule has 8 aromatic rings. The third kappa shape index (κ3) is 3.23. The second-order valence-corrected chi connectivity index (χ2v) is 23.0. The van der Waals surface area contributed by atoms with Gasteiger partial charge in [0.1, 0.15) is 16.1 Å². The highest BCUT2D eigenvalue weighted by atomic mass is 28.3. The average molecular weight is 619 g/mol. The summed E-state index contributed by atoms with van der Waals surface area (Å²) in [6.45, 7) is 10.4. The minimum atomic E-state index is -1.98. The van der Waals surface area contributed by atoms with Gasteiger partial charge in [-0.2, -0.15) is 0 Å². The number of fused-ring (bicyclic) bond motifs is 16. The Bertz CT molecular complexity index is 2600. The van der Waals surface area contributed by atoms with E-state index in [0.717, 1.165) is 0 Å². The van der Waals surface area contributed by atoms with E-state index in [4.69, 9.17) is 0 Å². The molecule has 0 saturated carbocycles. The van der Waals surface area contributed by atoms with E-state index in [1.807, 2.05) is 0 Å². The molecule has 0 spiro atoms. The Kier molecular flexibility index (Phi) is 5.14. The first kappa shape index (κ1) is 26.5. The fourth-order valence-corrected chi connectivity index (χ4v) is 17.8. The predicted octanol–water partition coefficient (Wildman–Crippen LogP) is 9.57. The van der Waals surface area contributed by atoms with Crippen LogP contribution in [0.3, 0.4) is 0 Å². The Morgan fingerprint density at radius 1 is 0.326 bits per heavy atom. The molecule has 2 heterocycles. The van der Waals surface area contributed by atoms with Gasteiger partial charge in [0, 0.05) is 0 Å². The van der Waals surface area contributed by atoms with Crippen LogP contribution in [0.4, 0.5) is 0 Å². The molecule has 0 fully saturated rings. The Morgan fingerprint density at radius 3 is 1.35 bits per heavy atom. The van der Waals surface area contributed by atoms with Crippen LogP contribution in [0.15, 0.2) is 133 Å². The molecule has 0 radical (unpaired) electrons.